The molecule has 156 valence electrons. The summed E-state index contributed by atoms with van der Waals surface area (Å²) in [7, 11) is -9.42. The summed E-state index contributed by atoms with van der Waals surface area (Å²) >= 11 is 0. The van der Waals surface area contributed by atoms with Gasteiger partial charge in [0, 0.05) is 5.39 Å². The Morgan fingerprint density at radius 3 is 2.03 bits per heavy atom. The molecule has 0 spiro atoms. The van der Waals surface area contributed by atoms with Crippen molar-refractivity contribution in [1.82, 2.24) is 0 Å². The van der Waals surface area contributed by atoms with Crippen molar-refractivity contribution in [1.29, 1.82) is 0 Å². The Balaban J connectivity index is 0. The van der Waals surface area contributed by atoms with E-state index in [0.29, 0.717) is 5.69 Å². The Bertz CT molecular complexity index is 1400. The molecule has 31 heavy (non-hydrogen) atoms. The maximum Gasteiger partial charge on any atom is 1.00 e. The van der Waals surface area contributed by atoms with Crippen LogP contribution in [0.4, 0.5) is 11.4 Å². The third-order valence-electron chi connectivity index (χ3n) is 4.21. The molecule has 0 unspecified atom stereocenters. The summed E-state index contributed by atoms with van der Waals surface area (Å²) in [4.78, 5) is -1.36. The van der Waals surface area contributed by atoms with Gasteiger partial charge in [-0.3, -0.25) is 9.11 Å². The van der Waals surface area contributed by atoms with Crippen molar-refractivity contribution in [2.75, 3.05) is 0 Å². The average molecular weight is 484 g/mol. The number of phenolic OH excluding ortho intramolecular Hbond substituents is 1. The molecule has 0 aliphatic rings. The molecule has 0 aliphatic carbocycles. The van der Waals surface area contributed by atoms with Crippen molar-refractivity contribution in [3.63, 3.8) is 0 Å². The van der Waals surface area contributed by atoms with Crippen LogP contribution in [0.1, 0.15) is 14.0 Å². The van der Waals surface area contributed by atoms with Gasteiger partial charge in [-0.2, -0.15) is 21.9 Å². The van der Waals surface area contributed by atoms with E-state index in [1.165, 1.54) is 6.07 Å². The predicted octanol–water partition coefficient (Wildman–Crippen LogP) is -1.70. The molecule has 0 fully saturated rings. The van der Waals surface area contributed by atoms with Gasteiger partial charge in [-0.1, -0.05) is 23.8 Å². The standard InChI is InChI=1S/C18H16N2O7S2.2Na.2H/c1-10-3-6-15(11(2)7-10)19-20-17-14-5-4-13(28(22,23)24)8-12(14)9-16(18(17)21)29(25,26)27;;;;/h3-9,21H,1-2H3,(H,22,23,24)(H,25,26,27);;;;/q;2*+1;2*-1. The van der Waals surface area contributed by atoms with Crippen LogP contribution in [0.2, 0.25) is 0 Å². The fraction of sp³-hybridized carbons (Fsp3) is 0.111. The molecule has 0 aliphatic heterocycles. The second-order valence-corrected chi connectivity index (χ2v) is 9.21. The Labute approximate surface area is 226 Å². The molecule has 0 atom stereocenters. The number of aromatic hydroxyl groups is 1. The molecule has 3 aromatic carbocycles. The fourth-order valence-electron chi connectivity index (χ4n) is 2.81. The zero-order valence-corrected chi connectivity index (χ0v) is 22.9. The summed E-state index contributed by atoms with van der Waals surface area (Å²) in [6, 6.07) is 9.53. The number of benzene rings is 3. The van der Waals surface area contributed by atoms with Crippen molar-refractivity contribution in [3.8, 4) is 5.75 Å². The summed E-state index contributed by atoms with van der Waals surface area (Å²) < 4.78 is 64.7. The second kappa shape index (κ2) is 10.4. The summed E-state index contributed by atoms with van der Waals surface area (Å²) in [5, 5.41) is 18.5. The smallest absolute Gasteiger partial charge is 1.00 e. The maximum atomic E-state index is 11.7. The maximum absolute atomic E-state index is 11.7. The number of fused-ring (bicyclic) bond motifs is 1. The number of rotatable bonds is 4. The van der Waals surface area contributed by atoms with E-state index >= 15 is 0 Å². The number of nitrogens with zero attached hydrogens (tertiary/aromatic N) is 2. The van der Waals surface area contributed by atoms with Gasteiger partial charge in [0.2, 0.25) is 0 Å². The van der Waals surface area contributed by atoms with Crippen LogP contribution in [0.15, 0.2) is 62.5 Å². The zero-order chi connectivity index (χ0) is 21.6. The van der Waals surface area contributed by atoms with Crippen LogP contribution < -0.4 is 59.1 Å². The third-order valence-corrected chi connectivity index (χ3v) is 5.92. The Hall–Kier alpha value is -0.860. The second-order valence-electron chi connectivity index (χ2n) is 6.39. The molecule has 3 aromatic rings. The molecule has 0 aromatic heterocycles. The SMILES string of the molecule is Cc1ccc(N=Nc2c(O)c(S(=O)(=O)O)cc3cc(S(=O)(=O)O)ccc23)c(C)c1.[H-].[H-].[Na+].[Na+]. The van der Waals surface area contributed by atoms with E-state index in [0.717, 1.165) is 29.3 Å². The van der Waals surface area contributed by atoms with Gasteiger partial charge in [-0.15, -0.1) is 5.11 Å². The van der Waals surface area contributed by atoms with E-state index in [4.69, 9.17) is 0 Å². The van der Waals surface area contributed by atoms with Crippen LogP contribution in [0, 0.1) is 13.8 Å². The van der Waals surface area contributed by atoms with Crippen molar-refractivity contribution >= 4 is 42.4 Å². The molecule has 0 bridgehead atoms. The molecule has 0 heterocycles. The van der Waals surface area contributed by atoms with Gasteiger partial charge in [0.25, 0.3) is 20.2 Å². The predicted molar refractivity (Wildman–Crippen MR) is 108 cm³/mol. The van der Waals surface area contributed by atoms with Crippen molar-refractivity contribution < 1.29 is 93.0 Å². The average Bonchev–Trinajstić information content (AvgIpc) is 2.59. The fourth-order valence-corrected chi connectivity index (χ4v) is 3.94. The van der Waals surface area contributed by atoms with E-state index < -0.39 is 35.8 Å². The first-order chi connectivity index (χ1) is 13.4. The molecule has 3 N–H and O–H groups in total. The van der Waals surface area contributed by atoms with Crippen LogP contribution in [0.25, 0.3) is 10.8 Å². The first-order valence-corrected chi connectivity index (χ1v) is 11.0. The van der Waals surface area contributed by atoms with Crippen molar-refractivity contribution in [2.45, 2.75) is 23.6 Å². The summed E-state index contributed by atoms with van der Waals surface area (Å²) in [5.74, 6) is -0.840. The minimum Gasteiger partial charge on any atom is -1.00 e. The normalized spacial score (nSPS) is 11.9. The first-order valence-electron chi connectivity index (χ1n) is 8.11. The van der Waals surface area contributed by atoms with Gasteiger partial charge in [0.05, 0.1) is 10.6 Å². The molecule has 0 amide bonds. The number of hydrogen-bond donors (Lipinski definition) is 3. The zero-order valence-electron chi connectivity index (χ0n) is 19.2. The van der Waals surface area contributed by atoms with Gasteiger partial charge < -0.3 is 7.96 Å². The van der Waals surface area contributed by atoms with Gasteiger partial charge in [0.1, 0.15) is 10.6 Å². The summed E-state index contributed by atoms with van der Waals surface area (Å²) in [6.07, 6.45) is 0. The van der Waals surface area contributed by atoms with E-state index in [-0.39, 0.29) is 78.4 Å². The van der Waals surface area contributed by atoms with Gasteiger partial charge >= 0.3 is 59.1 Å². The summed E-state index contributed by atoms with van der Waals surface area (Å²) in [6.45, 7) is 3.70. The van der Waals surface area contributed by atoms with E-state index in [9.17, 15) is 31.0 Å². The van der Waals surface area contributed by atoms with E-state index in [2.05, 4.69) is 10.2 Å². The van der Waals surface area contributed by atoms with Crippen LogP contribution in [0.3, 0.4) is 0 Å². The topological polar surface area (TPSA) is 154 Å². The largest absolute Gasteiger partial charge is 1.00 e. The molecule has 0 saturated carbocycles. The third kappa shape index (κ3) is 6.35. The molecule has 3 rings (SSSR count). The molecule has 13 heteroatoms. The minimum atomic E-state index is -4.86. The molecule has 9 nitrogen and oxygen atoms in total. The quantitative estimate of drug-likeness (QED) is 0.227. The molecular formula is C18H18N2Na2O7S2. The number of aryl methyl sites for hydroxylation is 2. The van der Waals surface area contributed by atoms with E-state index in [1.807, 2.05) is 13.0 Å². The molecule has 0 radical (unpaired) electrons. The van der Waals surface area contributed by atoms with Crippen LogP contribution >= 0.6 is 0 Å². The summed E-state index contributed by atoms with van der Waals surface area (Å²) in [5.41, 5.74) is 1.98. The molecule has 0 saturated heterocycles. The monoisotopic (exact) mass is 484 g/mol. The van der Waals surface area contributed by atoms with Crippen LogP contribution in [-0.2, 0) is 20.2 Å². The van der Waals surface area contributed by atoms with Crippen LogP contribution in [0.5, 0.6) is 5.75 Å². The Morgan fingerprint density at radius 1 is 0.839 bits per heavy atom. The van der Waals surface area contributed by atoms with Gasteiger partial charge in [0.15, 0.2) is 5.75 Å². The number of hydrogen-bond acceptors (Lipinski definition) is 7. The minimum absolute atomic E-state index is 0. The van der Waals surface area contributed by atoms with Crippen molar-refractivity contribution in [2.24, 2.45) is 10.2 Å². The van der Waals surface area contributed by atoms with Gasteiger partial charge in [-0.05, 0) is 49.1 Å². The van der Waals surface area contributed by atoms with Gasteiger partial charge in [-0.25, -0.2) is 0 Å². The number of phenols is 1. The Kier molecular flexibility index (Phi) is 9.44. The molecular weight excluding hydrogens is 466 g/mol. The number of azo groups is 1. The Morgan fingerprint density at radius 2 is 1.48 bits per heavy atom. The van der Waals surface area contributed by atoms with E-state index in [1.54, 1.807) is 19.1 Å². The first kappa shape index (κ1) is 28.2. The van der Waals surface area contributed by atoms with Crippen molar-refractivity contribution in [3.05, 3.63) is 53.6 Å². The van der Waals surface area contributed by atoms with Crippen LogP contribution in [-0.4, -0.2) is 31.0 Å².